The summed E-state index contributed by atoms with van der Waals surface area (Å²) in [5.74, 6) is -1.57. The molecular formula is C15H13FO4S. The molecule has 0 saturated carbocycles. The zero-order valence-corrected chi connectivity index (χ0v) is 12.0. The summed E-state index contributed by atoms with van der Waals surface area (Å²) < 4.78 is 36.1. The number of benzene rings is 2. The van der Waals surface area contributed by atoms with E-state index in [0.717, 1.165) is 6.26 Å². The summed E-state index contributed by atoms with van der Waals surface area (Å²) in [4.78, 5) is 11.0. The molecule has 2 aromatic carbocycles. The zero-order valence-electron chi connectivity index (χ0n) is 11.2. The summed E-state index contributed by atoms with van der Waals surface area (Å²) in [6, 6.07) is 9.95. The molecule has 0 aromatic heterocycles. The first kappa shape index (κ1) is 15.2. The Kier molecular flexibility index (Phi) is 4.09. The Balaban J connectivity index is 2.49. The quantitative estimate of drug-likeness (QED) is 0.942. The largest absolute Gasteiger partial charge is 0.481 e. The highest BCUT2D eigenvalue weighted by atomic mass is 32.2. The van der Waals surface area contributed by atoms with Gasteiger partial charge in [0, 0.05) is 6.26 Å². The van der Waals surface area contributed by atoms with Crippen LogP contribution in [0.1, 0.15) is 5.56 Å². The van der Waals surface area contributed by atoms with E-state index in [-0.39, 0.29) is 11.3 Å². The van der Waals surface area contributed by atoms with E-state index in [1.807, 2.05) is 0 Å². The standard InChI is InChI=1S/C15H13FO4S/c1-21(19,20)13-5-2-10(3-6-13)14-7-4-12(16)8-11(14)9-15(17)18/h2-8H,9H2,1H3,(H,17,18). The van der Waals surface area contributed by atoms with Gasteiger partial charge in [0.05, 0.1) is 11.3 Å². The van der Waals surface area contributed by atoms with E-state index in [2.05, 4.69) is 0 Å². The molecule has 0 aliphatic rings. The number of carboxylic acids is 1. The van der Waals surface area contributed by atoms with E-state index >= 15 is 0 Å². The predicted octanol–water partition coefficient (Wildman–Crippen LogP) is 2.52. The van der Waals surface area contributed by atoms with Crippen LogP contribution >= 0.6 is 0 Å². The van der Waals surface area contributed by atoms with Crippen molar-refractivity contribution in [3.05, 3.63) is 53.8 Å². The van der Waals surface area contributed by atoms with Gasteiger partial charge < -0.3 is 5.11 Å². The number of hydrogen-bond acceptors (Lipinski definition) is 3. The van der Waals surface area contributed by atoms with E-state index in [9.17, 15) is 17.6 Å². The van der Waals surface area contributed by atoms with E-state index in [1.165, 1.54) is 30.3 Å². The van der Waals surface area contributed by atoms with Crippen LogP contribution in [0.25, 0.3) is 11.1 Å². The maximum Gasteiger partial charge on any atom is 0.307 e. The maximum atomic E-state index is 13.3. The molecule has 0 fully saturated rings. The van der Waals surface area contributed by atoms with Crippen LogP contribution in [0.4, 0.5) is 4.39 Å². The number of halogens is 1. The minimum absolute atomic E-state index is 0.174. The van der Waals surface area contributed by atoms with Crippen LogP contribution in [0.3, 0.4) is 0 Å². The molecule has 2 aromatic rings. The van der Waals surface area contributed by atoms with Crippen LogP contribution in [-0.2, 0) is 21.1 Å². The van der Waals surface area contributed by atoms with Crippen LogP contribution in [0.2, 0.25) is 0 Å². The van der Waals surface area contributed by atoms with Gasteiger partial charge in [-0.3, -0.25) is 4.79 Å². The minimum atomic E-state index is -3.29. The molecule has 0 aliphatic heterocycles. The smallest absolute Gasteiger partial charge is 0.307 e. The van der Waals surface area contributed by atoms with Crippen molar-refractivity contribution in [3.8, 4) is 11.1 Å². The fraction of sp³-hybridized carbons (Fsp3) is 0.133. The van der Waals surface area contributed by atoms with Crippen molar-refractivity contribution in [1.82, 2.24) is 0 Å². The number of carbonyl (C=O) groups is 1. The van der Waals surface area contributed by atoms with Gasteiger partial charge in [-0.2, -0.15) is 0 Å². The summed E-state index contributed by atoms with van der Waals surface area (Å²) in [5.41, 5.74) is 1.55. The number of hydrogen-bond donors (Lipinski definition) is 1. The second-order valence-corrected chi connectivity index (χ2v) is 6.68. The molecule has 2 rings (SSSR count). The highest BCUT2D eigenvalue weighted by Crippen LogP contribution is 2.26. The predicted molar refractivity (Wildman–Crippen MR) is 76.3 cm³/mol. The van der Waals surface area contributed by atoms with Crippen molar-refractivity contribution in [3.63, 3.8) is 0 Å². The Hall–Kier alpha value is -2.21. The lowest BCUT2D eigenvalue weighted by atomic mass is 9.97. The first-order chi connectivity index (χ1) is 9.77. The fourth-order valence-electron chi connectivity index (χ4n) is 2.03. The third-order valence-electron chi connectivity index (χ3n) is 3.00. The molecule has 0 saturated heterocycles. The van der Waals surface area contributed by atoms with E-state index < -0.39 is 21.6 Å². The van der Waals surface area contributed by atoms with Crippen molar-refractivity contribution in [2.45, 2.75) is 11.3 Å². The maximum absolute atomic E-state index is 13.3. The highest BCUT2D eigenvalue weighted by molar-refractivity contribution is 7.90. The summed E-state index contributed by atoms with van der Waals surface area (Å²) >= 11 is 0. The minimum Gasteiger partial charge on any atom is -0.481 e. The third kappa shape index (κ3) is 3.66. The molecule has 0 unspecified atom stereocenters. The molecule has 0 heterocycles. The van der Waals surface area contributed by atoms with Gasteiger partial charge >= 0.3 is 5.97 Å². The monoisotopic (exact) mass is 308 g/mol. The number of rotatable bonds is 4. The van der Waals surface area contributed by atoms with Crippen LogP contribution in [-0.4, -0.2) is 25.7 Å². The first-order valence-corrected chi connectivity index (χ1v) is 7.97. The Morgan fingerprint density at radius 2 is 1.76 bits per heavy atom. The van der Waals surface area contributed by atoms with Gasteiger partial charge in [0.1, 0.15) is 5.82 Å². The van der Waals surface area contributed by atoms with Crippen molar-refractivity contribution in [2.24, 2.45) is 0 Å². The van der Waals surface area contributed by atoms with Gasteiger partial charge in [-0.1, -0.05) is 18.2 Å². The molecule has 1 N–H and O–H groups in total. The van der Waals surface area contributed by atoms with Crippen LogP contribution < -0.4 is 0 Å². The lowest BCUT2D eigenvalue weighted by molar-refractivity contribution is -0.136. The Morgan fingerprint density at radius 1 is 1.14 bits per heavy atom. The molecule has 0 bridgehead atoms. The lowest BCUT2D eigenvalue weighted by Gasteiger charge is -2.09. The Labute approximate surface area is 121 Å². The second-order valence-electron chi connectivity index (χ2n) is 4.67. The SMILES string of the molecule is CS(=O)(=O)c1ccc(-c2ccc(F)cc2CC(=O)O)cc1. The van der Waals surface area contributed by atoms with Gasteiger partial charge in [0.25, 0.3) is 0 Å². The van der Waals surface area contributed by atoms with Crippen LogP contribution in [0, 0.1) is 5.82 Å². The molecular weight excluding hydrogens is 295 g/mol. The van der Waals surface area contributed by atoms with Gasteiger partial charge in [-0.15, -0.1) is 0 Å². The first-order valence-electron chi connectivity index (χ1n) is 6.08. The Morgan fingerprint density at radius 3 is 2.29 bits per heavy atom. The molecule has 0 radical (unpaired) electrons. The summed E-state index contributed by atoms with van der Waals surface area (Å²) in [6.07, 6.45) is 0.802. The summed E-state index contributed by atoms with van der Waals surface area (Å²) in [7, 11) is -3.29. The van der Waals surface area contributed by atoms with Crippen molar-refractivity contribution in [2.75, 3.05) is 6.26 Å². The normalized spacial score (nSPS) is 11.3. The van der Waals surface area contributed by atoms with E-state index in [4.69, 9.17) is 5.11 Å². The number of aliphatic carboxylic acids is 1. The zero-order chi connectivity index (χ0) is 15.6. The van der Waals surface area contributed by atoms with Crippen LogP contribution in [0.15, 0.2) is 47.4 Å². The average Bonchev–Trinajstić information content (AvgIpc) is 2.37. The van der Waals surface area contributed by atoms with E-state index in [0.29, 0.717) is 16.7 Å². The molecule has 110 valence electrons. The lowest BCUT2D eigenvalue weighted by Crippen LogP contribution is -2.02. The summed E-state index contributed by atoms with van der Waals surface area (Å²) in [6.45, 7) is 0. The van der Waals surface area contributed by atoms with E-state index in [1.54, 1.807) is 12.1 Å². The third-order valence-corrected chi connectivity index (χ3v) is 4.13. The second kappa shape index (κ2) is 5.65. The molecule has 0 amide bonds. The number of sulfone groups is 1. The van der Waals surface area contributed by atoms with Gasteiger partial charge in [-0.25, -0.2) is 12.8 Å². The van der Waals surface area contributed by atoms with Gasteiger partial charge in [0.15, 0.2) is 9.84 Å². The Bertz CT molecular complexity index is 780. The molecule has 0 atom stereocenters. The average molecular weight is 308 g/mol. The van der Waals surface area contributed by atoms with Gasteiger partial charge in [0.2, 0.25) is 0 Å². The van der Waals surface area contributed by atoms with Crippen molar-refractivity contribution >= 4 is 15.8 Å². The molecule has 0 spiro atoms. The molecule has 21 heavy (non-hydrogen) atoms. The van der Waals surface area contributed by atoms with Gasteiger partial charge in [-0.05, 0) is 41.0 Å². The highest BCUT2D eigenvalue weighted by Gasteiger charge is 2.12. The molecule has 6 heteroatoms. The fourth-order valence-corrected chi connectivity index (χ4v) is 2.67. The van der Waals surface area contributed by atoms with Crippen molar-refractivity contribution in [1.29, 1.82) is 0 Å². The summed E-state index contributed by atoms with van der Waals surface area (Å²) in [5, 5.41) is 8.88. The topological polar surface area (TPSA) is 71.4 Å². The number of carboxylic acid groups (broad SMARTS) is 1. The van der Waals surface area contributed by atoms with Crippen LogP contribution in [0.5, 0.6) is 0 Å². The molecule has 4 nitrogen and oxygen atoms in total. The van der Waals surface area contributed by atoms with Crippen molar-refractivity contribution < 1.29 is 22.7 Å². The molecule has 0 aliphatic carbocycles.